The van der Waals surface area contributed by atoms with Gasteiger partial charge >= 0.3 is 47.7 Å². The molecule has 0 saturated carbocycles. The van der Waals surface area contributed by atoms with Crippen LogP contribution < -0.4 is 135 Å². The molecule has 0 fully saturated rings. The zero-order chi connectivity index (χ0) is 102. The lowest BCUT2D eigenvalue weighted by Gasteiger charge is -2.10. The van der Waals surface area contributed by atoms with E-state index in [1.54, 1.807) is 0 Å². The molecule has 0 saturated heterocycles. The molecule has 0 heterocycles. The number of hydrogen-bond acceptors (Lipinski definition) is 24. The Morgan fingerprint density at radius 1 is 0.167 bits per heavy atom. The summed E-state index contributed by atoms with van der Waals surface area (Å²) in [6.07, 6.45) is 4.52. The number of fused-ring (bicyclic) bond motifs is 4. The van der Waals surface area contributed by atoms with Crippen molar-refractivity contribution in [2.45, 2.75) is 64.8 Å². The minimum Gasteiger partial charge on any atom is -0.744 e. The van der Waals surface area contributed by atoms with E-state index in [-0.39, 0.29) is 47.7 Å². The molecule has 48 nitrogen and oxygen atoms in total. The number of nitrogens with two attached hydrogens (primary N) is 24. The van der Waals surface area contributed by atoms with Crippen LogP contribution in [0.2, 0.25) is 0 Å². The molecule has 132 heavy (non-hydrogen) atoms. The molecular weight excluding hydrogens is 1890 g/mol. The SMILES string of the molecule is NC(N)=[NH2+].NC(N)=[NH2+].NC(N)=[NH2+].NC(N)=[NH2+].NC(N)=[NH2+].NC(N)=[NH2+].NC(N)=[NH2+].NC(N)=[NH2+].O=S(=O)([O-])c1ccc2cc(S(=O)(=O)[O-])ccc2c1.O=S(=O)([O-])c1ccc2cc(S(=O)(=O)[O-])ccc2c1.O=S(=O)([O-])c1ccc2cc(S(=O)(=O)[O-])ccc2c1.O=S(=O)([O-])c1ccc2cc(S(=O)(=O)[O-])ccc2c1.c1ccc(CCc2ccccc2)cc1.c1ccc(CCc2ccccc2)cc1. The third-order valence-electron chi connectivity index (χ3n) is 14.2. The zero-order valence-electron chi connectivity index (χ0n) is 69.2. The summed E-state index contributed by atoms with van der Waals surface area (Å²) in [5, 5.41) is 39.6. The van der Waals surface area contributed by atoms with Crippen LogP contribution in [0.4, 0.5) is 0 Å². The molecule has 716 valence electrons. The van der Waals surface area contributed by atoms with E-state index in [1.165, 1.54) is 70.8 Å². The van der Waals surface area contributed by atoms with Crippen LogP contribution >= 0.6 is 0 Å². The van der Waals surface area contributed by atoms with Gasteiger partial charge in [0.05, 0.1) is 39.2 Å². The summed E-state index contributed by atoms with van der Waals surface area (Å²) in [6, 6.07) is 70.2. The Labute approximate surface area is 759 Å². The van der Waals surface area contributed by atoms with E-state index in [0.717, 1.165) is 123 Å². The van der Waals surface area contributed by atoms with Crippen LogP contribution in [0.3, 0.4) is 0 Å². The summed E-state index contributed by atoms with van der Waals surface area (Å²) in [5.41, 5.74) is 79.0. The van der Waals surface area contributed by atoms with Gasteiger partial charge in [0.25, 0.3) is 0 Å². The maximum absolute atomic E-state index is 10.8. The molecule has 0 radical (unpaired) electrons. The van der Waals surface area contributed by atoms with Crippen LogP contribution in [0, 0.1) is 0 Å². The highest BCUT2D eigenvalue weighted by atomic mass is 32.2. The first kappa shape index (κ1) is 119. The lowest BCUT2D eigenvalue weighted by Crippen LogP contribution is -2.51. The van der Waals surface area contributed by atoms with Gasteiger partial charge in [0.2, 0.25) is 0 Å². The normalized spacial score (nSPS) is 10.5. The van der Waals surface area contributed by atoms with Gasteiger partial charge in [0, 0.05) is 0 Å². The quantitative estimate of drug-likeness (QED) is 0.0273. The monoisotopic (exact) mass is 1990 g/mol. The summed E-state index contributed by atoms with van der Waals surface area (Å²) in [6.45, 7) is 0. The van der Waals surface area contributed by atoms with Gasteiger partial charge in [-0.05, 0) is 188 Å². The number of guanidine groups is 8. The van der Waals surface area contributed by atoms with E-state index in [9.17, 15) is 104 Å². The Kier molecular flexibility index (Phi) is 51.0. The van der Waals surface area contributed by atoms with Crippen molar-refractivity contribution in [2.24, 2.45) is 91.7 Å². The summed E-state index contributed by atoms with van der Waals surface area (Å²) >= 11 is 0. The molecule has 48 N–H and O–H groups in total. The molecule has 56 heteroatoms. The summed E-state index contributed by atoms with van der Waals surface area (Å²) < 4.78 is 259. The predicted octanol–water partition coefficient (Wildman–Crippen LogP) is -14.3. The lowest BCUT2D eigenvalue weighted by molar-refractivity contribution is -0.117. The molecule has 12 aromatic carbocycles. The molecule has 12 rings (SSSR count). The molecular formula is C76H100N24O24S8. The molecule has 0 aliphatic heterocycles. The van der Waals surface area contributed by atoms with Crippen molar-refractivity contribution in [1.82, 2.24) is 0 Å². The average Bonchev–Trinajstić information content (AvgIpc) is 0.811. The highest BCUT2D eigenvalue weighted by molar-refractivity contribution is 7.87. The average molecular weight is 1990 g/mol. The maximum Gasteiger partial charge on any atom is 0.336 e. The van der Waals surface area contributed by atoms with Gasteiger partial charge in [-0.1, -0.05) is 170 Å². The van der Waals surface area contributed by atoms with E-state index in [0.29, 0.717) is 43.1 Å². The standard InChI is InChI=1S/2C14H14.4C10H8O6S2.8CH5N3/c2*1-3-7-13(8-4-1)11-12-14-9-5-2-6-10-14;4*11-17(12,13)9-3-1-7-5-10(18(14,15)16)4-2-8(7)6-9;8*2-1(3)4/h2*1-10H,11-12H2;4*1-6H,(H,11,12,13)(H,14,15,16);8*(H5,2,3,4). The van der Waals surface area contributed by atoms with E-state index in [2.05, 4.69) is 256 Å². The fourth-order valence-electron chi connectivity index (χ4n) is 9.21. The molecule has 0 aliphatic carbocycles. The molecule has 12 aromatic rings. The minimum absolute atomic E-state index is 0.0833. The van der Waals surface area contributed by atoms with Crippen molar-refractivity contribution in [3.05, 3.63) is 289 Å². The first-order valence-corrected chi connectivity index (χ1v) is 46.8. The lowest BCUT2D eigenvalue weighted by atomic mass is 10.0. The van der Waals surface area contributed by atoms with Gasteiger partial charge < -0.3 is 36.4 Å². The summed E-state index contributed by atoms with van der Waals surface area (Å²) in [7, 11) is -36.5. The molecule has 0 bridgehead atoms. The number of hydrogen-bond donors (Lipinski definition) is 24. The number of rotatable bonds is 14. The van der Waals surface area contributed by atoms with Crippen molar-refractivity contribution in [3.8, 4) is 0 Å². The molecule has 0 amide bonds. The molecule has 0 atom stereocenters. The Morgan fingerprint density at radius 2 is 0.250 bits per heavy atom. The van der Waals surface area contributed by atoms with Gasteiger partial charge in [0.1, 0.15) is 80.9 Å². The van der Waals surface area contributed by atoms with E-state index in [1.807, 2.05) is 0 Å². The van der Waals surface area contributed by atoms with Crippen LogP contribution in [0.25, 0.3) is 43.1 Å². The Bertz CT molecular complexity index is 5710. The Balaban J connectivity index is 0. The van der Waals surface area contributed by atoms with Crippen LogP contribution in [0.1, 0.15) is 22.3 Å². The molecule has 0 spiro atoms. The van der Waals surface area contributed by atoms with Crippen molar-refractivity contribution < 1.29 is 147 Å². The van der Waals surface area contributed by atoms with Crippen LogP contribution in [0.5, 0.6) is 0 Å². The van der Waals surface area contributed by atoms with Gasteiger partial charge in [-0.15, -0.1) is 0 Å². The Morgan fingerprint density at radius 3 is 0.326 bits per heavy atom. The summed E-state index contributed by atoms with van der Waals surface area (Å²) in [4.78, 5) is -3.28. The van der Waals surface area contributed by atoms with E-state index in [4.69, 9.17) is 0 Å². The first-order valence-electron chi connectivity index (χ1n) is 35.5. The third kappa shape index (κ3) is 56.3. The fraction of sp³-hybridized carbons (Fsp3) is 0.0526. The second kappa shape index (κ2) is 56.4. The van der Waals surface area contributed by atoms with Crippen molar-refractivity contribution >= 4 is 172 Å². The summed E-state index contributed by atoms with van der Waals surface area (Å²) in [5.74, 6) is -0.667. The van der Waals surface area contributed by atoms with Gasteiger partial charge in [-0.25, -0.2) is 67.3 Å². The Hall–Kier alpha value is -14.9. The number of benzene rings is 12. The van der Waals surface area contributed by atoms with Crippen molar-refractivity contribution in [3.63, 3.8) is 0 Å². The zero-order valence-corrected chi connectivity index (χ0v) is 75.7. The minimum atomic E-state index is -4.56. The van der Waals surface area contributed by atoms with Gasteiger partial charge in [-0.3, -0.25) is 135 Å². The largest absolute Gasteiger partial charge is 0.744 e. The van der Waals surface area contributed by atoms with E-state index >= 15 is 0 Å². The molecule has 0 aliphatic rings. The molecule has 0 aromatic heterocycles. The molecule has 0 unspecified atom stereocenters. The van der Waals surface area contributed by atoms with Crippen molar-refractivity contribution in [2.75, 3.05) is 0 Å². The van der Waals surface area contributed by atoms with Crippen LogP contribution in [-0.4, -0.2) is 151 Å². The third-order valence-corrected chi connectivity index (χ3v) is 20.9. The van der Waals surface area contributed by atoms with E-state index < -0.39 is 120 Å². The topological polar surface area (TPSA) is 1080 Å². The van der Waals surface area contributed by atoms with Crippen LogP contribution in [0.15, 0.2) is 306 Å². The first-order chi connectivity index (χ1) is 60.5. The fourth-order valence-corrected chi connectivity index (χ4v) is 13.3. The highest BCUT2D eigenvalue weighted by Crippen LogP contribution is 2.27. The predicted molar refractivity (Wildman–Crippen MR) is 483 cm³/mol. The van der Waals surface area contributed by atoms with Gasteiger partial charge in [0.15, 0.2) is 0 Å². The van der Waals surface area contributed by atoms with Crippen molar-refractivity contribution in [1.29, 1.82) is 0 Å². The maximum atomic E-state index is 10.8. The second-order valence-corrected chi connectivity index (χ2v) is 36.3. The van der Waals surface area contributed by atoms with Gasteiger partial charge in [-0.2, -0.15) is 0 Å². The van der Waals surface area contributed by atoms with Crippen LogP contribution in [-0.2, 0) is 107 Å². The smallest absolute Gasteiger partial charge is 0.336 e. The highest BCUT2D eigenvalue weighted by Gasteiger charge is 2.11. The number of aryl methyl sites for hydroxylation is 4. The second-order valence-electron chi connectivity index (χ2n) is 25.3.